The van der Waals surface area contributed by atoms with Crippen LogP contribution in [0.2, 0.25) is 0 Å². The molecular weight excluding hydrogens is 299 g/mol. The van der Waals surface area contributed by atoms with E-state index in [1.807, 2.05) is 0 Å². The molecule has 0 saturated carbocycles. The van der Waals surface area contributed by atoms with Gasteiger partial charge in [0.15, 0.2) is 0 Å². The van der Waals surface area contributed by atoms with E-state index in [9.17, 15) is 9.18 Å². The minimum atomic E-state index is -0.621. The highest BCUT2D eigenvalue weighted by atomic mass is 19.1. The Bertz CT molecular complexity index is 644. The molecule has 0 spiro atoms. The molecule has 2 rings (SSSR count). The van der Waals surface area contributed by atoms with Crippen molar-refractivity contribution in [2.45, 2.75) is 32.2 Å². The number of nitrogens with one attached hydrogen (secondary N) is 1. The van der Waals surface area contributed by atoms with Crippen LogP contribution in [0.15, 0.2) is 24.3 Å². The van der Waals surface area contributed by atoms with E-state index in [0.29, 0.717) is 30.9 Å². The molecule has 124 valence electrons. The Morgan fingerprint density at radius 2 is 2.26 bits per heavy atom. The zero-order valence-electron chi connectivity index (χ0n) is 13.1. The van der Waals surface area contributed by atoms with Gasteiger partial charge in [0.1, 0.15) is 17.7 Å². The number of carbonyl (C=O) groups is 1. The average Bonchev–Trinajstić information content (AvgIpc) is 2.95. The number of halogens is 1. The fraction of sp³-hybridized carbons (Fsp3) is 0.467. The molecule has 1 aromatic heterocycles. The van der Waals surface area contributed by atoms with Crippen molar-refractivity contribution in [1.29, 1.82) is 0 Å². The van der Waals surface area contributed by atoms with E-state index in [0.717, 1.165) is 12.8 Å². The number of tetrazole rings is 1. The fourth-order valence-corrected chi connectivity index (χ4v) is 2.30. The first-order valence-corrected chi connectivity index (χ1v) is 7.58. The SMILES string of the molecule is Cc1nnnn1C(Cc1cccc(F)c1)C(=O)NCCCCN. The summed E-state index contributed by atoms with van der Waals surface area (Å²) in [6, 6.07) is 5.55. The van der Waals surface area contributed by atoms with Crippen molar-refractivity contribution in [3.8, 4) is 0 Å². The van der Waals surface area contributed by atoms with Gasteiger partial charge in [-0.25, -0.2) is 9.07 Å². The normalized spacial score (nSPS) is 12.1. The minimum absolute atomic E-state index is 0.193. The Balaban J connectivity index is 2.12. The molecule has 3 N–H and O–H groups in total. The number of nitrogens with two attached hydrogens (primary N) is 1. The lowest BCUT2D eigenvalue weighted by molar-refractivity contribution is -0.124. The van der Waals surface area contributed by atoms with E-state index in [-0.39, 0.29) is 11.7 Å². The molecule has 0 radical (unpaired) electrons. The van der Waals surface area contributed by atoms with Crippen molar-refractivity contribution in [3.63, 3.8) is 0 Å². The van der Waals surface area contributed by atoms with Gasteiger partial charge in [-0.2, -0.15) is 0 Å². The smallest absolute Gasteiger partial charge is 0.245 e. The van der Waals surface area contributed by atoms with Crippen LogP contribution in [0.4, 0.5) is 4.39 Å². The van der Waals surface area contributed by atoms with Crippen LogP contribution in [-0.4, -0.2) is 39.2 Å². The maximum atomic E-state index is 13.4. The fourth-order valence-electron chi connectivity index (χ4n) is 2.30. The number of carbonyl (C=O) groups excluding carboxylic acids is 1. The third-order valence-corrected chi connectivity index (χ3v) is 3.50. The topological polar surface area (TPSA) is 98.7 Å². The predicted octanol–water partition coefficient (Wildman–Crippen LogP) is 0.760. The number of hydrogen-bond donors (Lipinski definition) is 2. The first-order valence-electron chi connectivity index (χ1n) is 7.58. The van der Waals surface area contributed by atoms with Gasteiger partial charge < -0.3 is 11.1 Å². The number of nitrogens with zero attached hydrogens (tertiary/aromatic N) is 4. The van der Waals surface area contributed by atoms with Gasteiger partial charge >= 0.3 is 0 Å². The van der Waals surface area contributed by atoms with Crippen molar-refractivity contribution in [3.05, 3.63) is 41.5 Å². The second-order valence-electron chi connectivity index (χ2n) is 5.31. The third kappa shape index (κ3) is 4.82. The summed E-state index contributed by atoms with van der Waals surface area (Å²) in [5.74, 6) is 0.00300. The zero-order chi connectivity index (χ0) is 16.7. The molecule has 0 aliphatic rings. The summed E-state index contributed by atoms with van der Waals surface area (Å²) < 4.78 is 14.8. The van der Waals surface area contributed by atoms with E-state index in [4.69, 9.17) is 5.73 Å². The molecule has 0 aliphatic heterocycles. The summed E-state index contributed by atoms with van der Waals surface area (Å²) in [7, 11) is 0. The highest BCUT2D eigenvalue weighted by molar-refractivity contribution is 5.80. The lowest BCUT2D eigenvalue weighted by Gasteiger charge is -2.17. The predicted molar refractivity (Wildman–Crippen MR) is 83.0 cm³/mol. The maximum Gasteiger partial charge on any atom is 0.245 e. The summed E-state index contributed by atoms with van der Waals surface area (Å²) in [6.07, 6.45) is 1.97. The molecular formula is C15H21FN6O. The first kappa shape index (κ1) is 17.0. The van der Waals surface area contributed by atoms with Gasteiger partial charge in [0.05, 0.1) is 0 Å². The Hall–Kier alpha value is -2.35. The van der Waals surface area contributed by atoms with E-state index in [2.05, 4.69) is 20.8 Å². The zero-order valence-corrected chi connectivity index (χ0v) is 13.1. The van der Waals surface area contributed by atoms with Crippen molar-refractivity contribution in [2.75, 3.05) is 13.1 Å². The molecule has 1 atom stereocenters. The maximum absolute atomic E-state index is 13.4. The highest BCUT2D eigenvalue weighted by Gasteiger charge is 2.24. The van der Waals surface area contributed by atoms with Crippen molar-refractivity contribution < 1.29 is 9.18 Å². The van der Waals surface area contributed by atoms with Crippen LogP contribution in [0.3, 0.4) is 0 Å². The average molecular weight is 320 g/mol. The van der Waals surface area contributed by atoms with Gasteiger partial charge in [-0.05, 0) is 54.4 Å². The molecule has 0 saturated heterocycles. The van der Waals surface area contributed by atoms with Gasteiger partial charge in [0.25, 0.3) is 0 Å². The quantitative estimate of drug-likeness (QED) is 0.700. The summed E-state index contributed by atoms with van der Waals surface area (Å²) in [5.41, 5.74) is 6.15. The summed E-state index contributed by atoms with van der Waals surface area (Å²) >= 11 is 0. The van der Waals surface area contributed by atoms with Gasteiger partial charge in [0.2, 0.25) is 5.91 Å². The van der Waals surface area contributed by atoms with Crippen LogP contribution < -0.4 is 11.1 Å². The monoisotopic (exact) mass is 320 g/mol. The molecule has 0 aliphatic carbocycles. The highest BCUT2D eigenvalue weighted by Crippen LogP contribution is 2.16. The lowest BCUT2D eigenvalue weighted by Crippen LogP contribution is -2.35. The van der Waals surface area contributed by atoms with Crippen molar-refractivity contribution >= 4 is 5.91 Å². The summed E-state index contributed by atoms with van der Waals surface area (Å²) in [6.45, 7) is 2.85. The van der Waals surface area contributed by atoms with E-state index in [1.165, 1.54) is 16.8 Å². The van der Waals surface area contributed by atoms with Crippen LogP contribution >= 0.6 is 0 Å². The van der Waals surface area contributed by atoms with E-state index < -0.39 is 6.04 Å². The Labute approximate surface area is 134 Å². The molecule has 8 heteroatoms. The number of unbranched alkanes of at least 4 members (excludes halogenated alkanes) is 1. The second-order valence-corrected chi connectivity index (χ2v) is 5.31. The largest absolute Gasteiger partial charge is 0.354 e. The minimum Gasteiger partial charge on any atom is -0.354 e. The van der Waals surface area contributed by atoms with Gasteiger partial charge in [0, 0.05) is 13.0 Å². The molecule has 23 heavy (non-hydrogen) atoms. The number of aromatic nitrogens is 4. The van der Waals surface area contributed by atoms with Gasteiger partial charge in [-0.1, -0.05) is 12.1 Å². The third-order valence-electron chi connectivity index (χ3n) is 3.50. The molecule has 2 aromatic rings. The number of hydrogen-bond acceptors (Lipinski definition) is 5. The van der Waals surface area contributed by atoms with Crippen molar-refractivity contribution in [1.82, 2.24) is 25.5 Å². The lowest BCUT2D eigenvalue weighted by atomic mass is 10.0. The van der Waals surface area contributed by atoms with Gasteiger partial charge in [-0.3, -0.25) is 4.79 Å². The standard InChI is InChI=1S/C15H21FN6O/c1-11-19-20-21-22(11)14(15(23)18-8-3-2-7-17)10-12-5-4-6-13(16)9-12/h4-6,9,14H,2-3,7-8,10,17H2,1H3,(H,18,23). The number of amides is 1. The Morgan fingerprint density at radius 1 is 1.43 bits per heavy atom. The van der Waals surface area contributed by atoms with Crippen LogP contribution in [0.25, 0.3) is 0 Å². The van der Waals surface area contributed by atoms with Crippen LogP contribution in [0.1, 0.15) is 30.3 Å². The molecule has 0 bridgehead atoms. The summed E-state index contributed by atoms with van der Waals surface area (Å²) in [5, 5.41) is 14.2. The van der Waals surface area contributed by atoms with Crippen LogP contribution in [0, 0.1) is 12.7 Å². The summed E-state index contributed by atoms with van der Waals surface area (Å²) in [4.78, 5) is 12.5. The molecule has 1 aromatic carbocycles. The Kier molecular flexibility index (Phi) is 6.16. The van der Waals surface area contributed by atoms with E-state index in [1.54, 1.807) is 19.1 Å². The molecule has 0 fully saturated rings. The molecule has 1 amide bonds. The molecule has 1 unspecified atom stereocenters. The first-order chi connectivity index (χ1) is 11.1. The van der Waals surface area contributed by atoms with Crippen molar-refractivity contribution in [2.24, 2.45) is 5.73 Å². The number of rotatable bonds is 8. The number of aryl methyl sites for hydroxylation is 1. The second kappa shape index (κ2) is 8.33. The number of benzene rings is 1. The molecule has 1 heterocycles. The molecule has 7 nitrogen and oxygen atoms in total. The van der Waals surface area contributed by atoms with Crippen LogP contribution in [0.5, 0.6) is 0 Å². The van der Waals surface area contributed by atoms with Gasteiger partial charge in [-0.15, -0.1) is 5.10 Å². The Morgan fingerprint density at radius 3 is 2.91 bits per heavy atom. The van der Waals surface area contributed by atoms with Crippen LogP contribution in [-0.2, 0) is 11.2 Å². The van der Waals surface area contributed by atoms with E-state index >= 15 is 0 Å².